The molecule has 0 bridgehead atoms. The number of ether oxygens (including phenoxy) is 1. The van der Waals surface area contributed by atoms with Gasteiger partial charge in [-0.05, 0) is 26.3 Å². The maximum atomic E-state index is 10.2. The summed E-state index contributed by atoms with van der Waals surface area (Å²) in [6.45, 7) is 5.75. The molecule has 0 aliphatic rings. The Balaban J connectivity index is 2.77. The van der Waals surface area contributed by atoms with Gasteiger partial charge in [0.25, 0.3) is 0 Å². The fraction of sp³-hybridized carbons (Fsp3) is 0.538. The quantitative estimate of drug-likeness (QED) is 0.823. The van der Waals surface area contributed by atoms with Gasteiger partial charge in [0.2, 0.25) is 0 Å². The fourth-order valence-corrected chi connectivity index (χ4v) is 1.63. The van der Waals surface area contributed by atoms with E-state index in [0.29, 0.717) is 6.42 Å². The van der Waals surface area contributed by atoms with Crippen molar-refractivity contribution in [3.8, 4) is 0 Å². The van der Waals surface area contributed by atoms with E-state index in [1.165, 1.54) is 5.56 Å². The van der Waals surface area contributed by atoms with Gasteiger partial charge in [0.1, 0.15) is 0 Å². The Hall–Kier alpha value is -0.860. The summed E-state index contributed by atoms with van der Waals surface area (Å²) in [5, 5.41) is 10.2. The summed E-state index contributed by atoms with van der Waals surface area (Å²) in [6.07, 6.45) is 0.446. The van der Waals surface area contributed by atoms with Crippen LogP contribution in [-0.4, -0.2) is 23.9 Å². The Morgan fingerprint density at radius 2 is 2.13 bits per heavy atom. The summed E-state index contributed by atoms with van der Waals surface area (Å²) in [4.78, 5) is 0. The van der Waals surface area contributed by atoms with Crippen LogP contribution in [0.3, 0.4) is 0 Å². The fourth-order valence-electron chi connectivity index (χ4n) is 1.63. The first-order valence-electron chi connectivity index (χ1n) is 5.26. The maximum Gasteiger partial charge on any atom is 0.0917 e. The molecule has 0 aromatic heterocycles. The number of benzene rings is 1. The lowest BCUT2D eigenvalue weighted by Gasteiger charge is -2.29. The van der Waals surface area contributed by atoms with Crippen molar-refractivity contribution in [3.05, 3.63) is 35.4 Å². The lowest BCUT2D eigenvalue weighted by molar-refractivity contribution is -0.0715. The predicted octanol–water partition coefficient (Wildman–Crippen LogP) is 2.32. The third-order valence-electron chi connectivity index (χ3n) is 2.87. The van der Waals surface area contributed by atoms with Crippen molar-refractivity contribution >= 4 is 0 Å². The summed E-state index contributed by atoms with van der Waals surface area (Å²) < 4.78 is 5.17. The van der Waals surface area contributed by atoms with E-state index >= 15 is 0 Å². The highest BCUT2D eigenvalue weighted by Gasteiger charge is 2.28. The van der Waals surface area contributed by atoms with Crippen LogP contribution in [0.25, 0.3) is 0 Å². The Kier molecular flexibility index (Phi) is 3.89. The molecule has 2 atom stereocenters. The van der Waals surface area contributed by atoms with Crippen molar-refractivity contribution in [2.75, 3.05) is 7.11 Å². The monoisotopic (exact) mass is 208 g/mol. The number of hydrogen-bond donors (Lipinski definition) is 1. The molecule has 0 spiro atoms. The summed E-state index contributed by atoms with van der Waals surface area (Å²) in [6, 6.07) is 8.19. The first-order chi connectivity index (χ1) is 6.95. The Morgan fingerprint density at radius 3 is 2.67 bits per heavy atom. The molecular formula is C13H20O2. The molecule has 0 aliphatic carbocycles. The maximum absolute atomic E-state index is 10.2. The molecule has 2 heteroatoms. The van der Waals surface area contributed by atoms with Gasteiger partial charge in [-0.25, -0.2) is 0 Å². The van der Waals surface area contributed by atoms with E-state index in [-0.39, 0.29) is 6.10 Å². The van der Waals surface area contributed by atoms with E-state index < -0.39 is 5.60 Å². The van der Waals surface area contributed by atoms with E-state index in [1.54, 1.807) is 7.11 Å². The second-order valence-corrected chi connectivity index (χ2v) is 4.40. The van der Waals surface area contributed by atoms with Gasteiger partial charge in [-0.15, -0.1) is 0 Å². The molecule has 0 amide bonds. The molecule has 2 unspecified atom stereocenters. The van der Waals surface area contributed by atoms with Gasteiger partial charge in [-0.2, -0.15) is 0 Å². The second kappa shape index (κ2) is 4.77. The average molecular weight is 208 g/mol. The van der Waals surface area contributed by atoms with E-state index in [2.05, 4.69) is 19.1 Å². The lowest BCUT2D eigenvalue weighted by atomic mass is 9.91. The molecule has 15 heavy (non-hydrogen) atoms. The lowest BCUT2D eigenvalue weighted by Crippen LogP contribution is -2.40. The molecule has 1 aromatic carbocycles. The molecule has 0 aliphatic heterocycles. The number of methoxy groups -OCH3 is 1. The Labute approximate surface area is 91.9 Å². The van der Waals surface area contributed by atoms with Crippen LogP contribution in [0.15, 0.2) is 24.3 Å². The van der Waals surface area contributed by atoms with Gasteiger partial charge in [0.05, 0.1) is 11.7 Å². The summed E-state index contributed by atoms with van der Waals surface area (Å²) in [7, 11) is 1.62. The van der Waals surface area contributed by atoms with E-state index in [1.807, 2.05) is 26.0 Å². The molecule has 1 aromatic rings. The average Bonchev–Trinajstić information content (AvgIpc) is 2.15. The zero-order valence-corrected chi connectivity index (χ0v) is 9.95. The second-order valence-electron chi connectivity index (χ2n) is 4.40. The molecule has 2 nitrogen and oxygen atoms in total. The van der Waals surface area contributed by atoms with Crippen LogP contribution in [0.5, 0.6) is 0 Å². The smallest absolute Gasteiger partial charge is 0.0917 e. The van der Waals surface area contributed by atoms with E-state index in [4.69, 9.17) is 4.74 Å². The van der Waals surface area contributed by atoms with Crippen molar-refractivity contribution in [1.29, 1.82) is 0 Å². The molecule has 0 saturated carbocycles. The molecule has 0 saturated heterocycles. The molecule has 1 N–H and O–H groups in total. The van der Waals surface area contributed by atoms with Crippen LogP contribution in [0.4, 0.5) is 0 Å². The number of hydrogen-bond acceptors (Lipinski definition) is 2. The van der Waals surface area contributed by atoms with Crippen LogP contribution < -0.4 is 0 Å². The Bertz CT molecular complexity index is 318. The molecule has 0 fully saturated rings. The number of rotatable bonds is 4. The van der Waals surface area contributed by atoms with Crippen molar-refractivity contribution in [2.45, 2.75) is 38.9 Å². The molecule has 1 rings (SSSR count). The first-order valence-corrected chi connectivity index (χ1v) is 5.26. The summed E-state index contributed by atoms with van der Waals surface area (Å²) in [5.41, 5.74) is 1.54. The molecule has 84 valence electrons. The zero-order valence-electron chi connectivity index (χ0n) is 9.95. The number of aryl methyl sites for hydroxylation is 1. The molecule has 0 heterocycles. The predicted molar refractivity (Wildman–Crippen MR) is 62.0 cm³/mol. The van der Waals surface area contributed by atoms with Crippen molar-refractivity contribution < 1.29 is 9.84 Å². The van der Waals surface area contributed by atoms with Crippen molar-refractivity contribution in [3.63, 3.8) is 0 Å². The van der Waals surface area contributed by atoms with Gasteiger partial charge in [0, 0.05) is 13.5 Å². The molecular weight excluding hydrogens is 188 g/mol. The van der Waals surface area contributed by atoms with Gasteiger partial charge in [-0.3, -0.25) is 0 Å². The third-order valence-corrected chi connectivity index (χ3v) is 2.87. The van der Waals surface area contributed by atoms with Crippen molar-refractivity contribution in [2.24, 2.45) is 0 Å². The highest BCUT2D eigenvalue weighted by atomic mass is 16.5. The van der Waals surface area contributed by atoms with Crippen LogP contribution in [0.2, 0.25) is 0 Å². The minimum atomic E-state index is -0.817. The third kappa shape index (κ3) is 3.33. The summed E-state index contributed by atoms with van der Waals surface area (Å²) in [5.74, 6) is 0. The van der Waals surface area contributed by atoms with E-state index in [9.17, 15) is 5.11 Å². The van der Waals surface area contributed by atoms with Crippen LogP contribution in [0, 0.1) is 6.92 Å². The minimum absolute atomic E-state index is 0.169. The van der Waals surface area contributed by atoms with Gasteiger partial charge < -0.3 is 9.84 Å². The van der Waals surface area contributed by atoms with Crippen LogP contribution >= 0.6 is 0 Å². The summed E-state index contributed by atoms with van der Waals surface area (Å²) >= 11 is 0. The Morgan fingerprint density at radius 1 is 1.47 bits per heavy atom. The van der Waals surface area contributed by atoms with Crippen LogP contribution in [-0.2, 0) is 11.2 Å². The standard InChI is InChI=1S/C13H20O2/c1-10-6-5-7-12(8-10)9-13(3,14)11(2)15-4/h5-8,11,14H,9H2,1-4H3. The van der Waals surface area contributed by atoms with Gasteiger partial charge in [-0.1, -0.05) is 29.8 Å². The minimum Gasteiger partial charge on any atom is -0.387 e. The van der Waals surface area contributed by atoms with Crippen LogP contribution in [0.1, 0.15) is 25.0 Å². The largest absolute Gasteiger partial charge is 0.387 e. The van der Waals surface area contributed by atoms with Gasteiger partial charge in [0.15, 0.2) is 0 Å². The van der Waals surface area contributed by atoms with Gasteiger partial charge >= 0.3 is 0 Å². The van der Waals surface area contributed by atoms with E-state index in [0.717, 1.165) is 5.56 Å². The highest BCUT2D eigenvalue weighted by Crippen LogP contribution is 2.19. The molecule has 0 radical (unpaired) electrons. The SMILES string of the molecule is COC(C)C(C)(O)Cc1cccc(C)c1. The zero-order chi connectivity index (χ0) is 11.5. The topological polar surface area (TPSA) is 29.5 Å². The normalized spacial score (nSPS) is 17.1. The highest BCUT2D eigenvalue weighted by molar-refractivity contribution is 5.23. The first kappa shape index (κ1) is 12.2. The van der Waals surface area contributed by atoms with Crippen molar-refractivity contribution in [1.82, 2.24) is 0 Å². The number of aliphatic hydroxyl groups is 1.